The van der Waals surface area contributed by atoms with E-state index in [9.17, 15) is 18.8 Å². The van der Waals surface area contributed by atoms with E-state index in [0.717, 1.165) is 29.7 Å². The molecule has 1 heterocycles. The van der Waals surface area contributed by atoms with Crippen LogP contribution in [0.25, 0.3) is 0 Å². The highest BCUT2D eigenvalue weighted by Gasteiger charge is 2.42. The van der Waals surface area contributed by atoms with E-state index in [4.69, 9.17) is 4.74 Å². The Morgan fingerprint density at radius 1 is 0.758 bits per heavy atom. The fourth-order valence-electron chi connectivity index (χ4n) is 8.60. The third-order valence-electron chi connectivity index (χ3n) is 11.9. The molecule has 10 heteroatoms. The van der Waals surface area contributed by atoms with Gasteiger partial charge in [0.25, 0.3) is 5.91 Å². The van der Waals surface area contributed by atoms with Gasteiger partial charge in [0, 0.05) is 42.1 Å². The summed E-state index contributed by atoms with van der Waals surface area (Å²) in [6.45, 7) is 6.55. The Morgan fingerprint density at radius 2 is 1.33 bits per heavy atom. The van der Waals surface area contributed by atoms with E-state index in [0.29, 0.717) is 42.8 Å². The topological polar surface area (TPSA) is 87.7 Å². The van der Waals surface area contributed by atoms with Gasteiger partial charge < -0.3 is 15.4 Å². The smallest absolute Gasteiger partial charge is 0.414 e. The van der Waals surface area contributed by atoms with Crippen molar-refractivity contribution in [3.63, 3.8) is 0 Å². The van der Waals surface area contributed by atoms with Crippen molar-refractivity contribution in [2.45, 2.75) is 80.6 Å². The minimum Gasteiger partial charge on any atom is -0.443 e. The Bertz CT molecular complexity index is 2410. The summed E-state index contributed by atoms with van der Waals surface area (Å²) in [4.78, 5) is 44.5. The van der Waals surface area contributed by atoms with Gasteiger partial charge in [0.2, 0.25) is 0 Å². The number of halogens is 1. The number of hydrogen-bond donors (Lipinski definition) is 2. The second-order valence-corrected chi connectivity index (χ2v) is 20.4. The molecular weight excluding hydrogens is 862 g/mol. The molecule has 1 aliphatic rings. The minimum absolute atomic E-state index is 0.0708. The lowest BCUT2D eigenvalue weighted by molar-refractivity contribution is -0.120. The van der Waals surface area contributed by atoms with E-state index < -0.39 is 28.4 Å². The van der Waals surface area contributed by atoms with Crippen molar-refractivity contribution >= 4 is 47.0 Å². The number of hydrogen-bond acceptors (Lipinski definition) is 7. The van der Waals surface area contributed by atoms with E-state index in [1.807, 2.05) is 81.3 Å². The molecule has 0 aliphatic carbocycles. The number of ether oxygens (including phenoxy) is 1. The summed E-state index contributed by atoms with van der Waals surface area (Å²) in [5, 5.41) is 7.03. The zero-order valence-corrected chi connectivity index (χ0v) is 39.9. The van der Waals surface area contributed by atoms with Crippen LogP contribution in [0, 0.1) is 5.82 Å². The van der Waals surface area contributed by atoms with Crippen LogP contribution in [0.3, 0.4) is 0 Å². The third-order valence-corrected chi connectivity index (χ3v) is 14.3. The molecule has 7 nitrogen and oxygen atoms in total. The summed E-state index contributed by atoms with van der Waals surface area (Å²) in [5.74, 6) is -0.0891. The first-order valence-electron chi connectivity index (χ1n) is 22.7. The molecule has 2 N–H and O–H groups in total. The van der Waals surface area contributed by atoms with Gasteiger partial charge in [-0.15, -0.1) is 11.8 Å². The number of nitrogens with zero attached hydrogens (tertiary/aromatic N) is 1. The summed E-state index contributed by atoms with van der Waals surface area (Å²) >= 11 is 3.55. The molecule has 2 amide bonds. The number of carbonyl (C=O) groups excluding carboxylic acids is 3. The maximum Gasteiger partial charge on any atom is 0.414 e. The Labute approximate surface area is 398 Å². The molecule has 1 saturated heterocycles. The van der Waals surface area contributed by atoms with Gasteiger partial charge in [-0.05, 0) is 116 Å². The molecule has 0 spiro atoms. The maximum atomic E-state index is 14.6. The van der Waals surface area contributed by atoms with Gasteiger partial charge in [0.05, 0.1) is 10.8 Å². The predicted molar refractivity (Wildman–Crippen MR) is 270 cm³/mol. The number of aryl methyl sites for hydroxylation is 2. The summed E-state index contributed by atoms with van der Waals surface area (Å²) in [6, 6.07) is 52.6. The fourth-order valence-corrected chi connectivity index (χ4v) is 10.9. The first kappa shape index (κ1) is 48.3. The number of ketones is 1. The second kappa shape index (κ2) is 22.7. The van der Waals surface area contributed by atoms with Gasteiger partial charge in [-0.2, -0.15) is 11.8 Å². The SMILES string of the molecule is CSCC[C@H](NC(=O)c1cc(N(C[C@@H]2C[C@H](SC(c3ccccc3)(c3ccccc3)c3ccccc3)CN2)C(=O)OC(C)(C)C)ccc1CCc1ccc(F)cc1)C(=O)Cc1ccccc1. The minimum atomic E-state index is -0.781. The molecule has 0 saturated carbocycles. The van der Waals surface area contributed by atoms with E-state index in [1.165, 1.54) is 28.8 Å². The van der Waals surface area contributed by atoms with Crippen LogP contribution in [0.2, 0.25) is 0 Å². The van der Waals surface area contributed by atoms with Crippen LogP contribution in [0.5, 0.6) is 0 Å². The number of anilines is 1. The Hall–Kier alpha value is -5.68. The summed E-state index contributed by atoms with van der Waals surface area (Å²) in [7, 11) is 0. The number of Topliss-reactive ketones (excluding diaryl/α,β-unsaturated/α-hetero) is 1. The van der Waals surface area contributed by atoms with Crippen molar-refractivity contribution in [2.24, 2.45) is 0 Å². The molecule has 66 heavy (non-hydrogen) atoms. The van der Waals surface area contributed by atoms with E-state index in [2.05, 4.69) is 102 Å². The zero-order chi connectivity index (χ0) is 46.5. The standard InChI is InChI=1S/C56H60FN3O4S2/c1-55(2,3)64-54(63)60(39-47-36-49(38-58-47)66-56(43-19-11-6-12-20-43,44-21-13-7-14-22-44)45-23-15-8-16-24-45)48-32-29-42(28-25-40-26-30-46(57)31-27-40)50(37-48)53(62)59-51(33-34-65-4)52(61)35-41-17-9-5-10-18-41/h5-24,26-27,29-32,37,47,49,51,58H,25,28,33-36,38-39H2,1-4H3,(H,59,62)/t47-,49-,51-/m0/s1. The molecule has 0 aromatic heterocycles. The Balaban J connectivity index is 1.20. The molecule has 342 valence electrons. The van der Waals surface area contributed by atoms with Gasteiger partial charge >= 0.3 is 6.09 Å². The number of amides is 2. The van der Waals surface area contributed by atoms with Crippen LogP contribution in [0.1, 0.15) is 77.4 Å². The average molecular weight is 922 g/mol. The lowest BCUT2D eigenvalue weighted by atomic mass is 9.84. The largest absolute Gasteiger partial charge is 0.443 e. The summed E-state index contributed by atoms with van der Waals surface area (Å²) < 4.78 is 19.4. The number of nitrogens with one attached hydrogen (secondary N) is 2. The van der Waals surface area contributed by atoms with E-state index in [-0.39, 0.29) is 29.3 Å². The molecule has 1 aliphatic heterocycles. The fraction of sp³-hybridized carbons (Fsp3) is 0.304. The number of rotatable bonds is 19. The quantitative estimate of drug-likeness (QED) is 0.0783. The van der Waals surface area contributed by atoms with Crippen molar-refractivity contribution in [1.82, 2.24) is 10.6 Å². The highest BCUT2D eigenvalue weighted by molar-refractivity contribution is 8.01. The molecule has 6 aromatic rings. The van der Waals surface area contributed by atoms with Crippen LogP contribution in [-0.2, 0) is 33.5 Å². The number of thioether (sulfide) groups is 2. The number of carbonyl (C=O) groups is 3. The normalized spacial score (nSPS) is 15.5. The highest BCUT2D eigenvalue weighted by Crippen LogP contribution is 2.51. The zero-order valence-electron chi connectivity index (χ0n) is 38.3. The van der Waals surface area contributed by atoms with Crippen molar-refractivity contribution < 1.29 is 23.5 Å². The number of benzene rings is 6. The molecule has 3 atom stereocenters. The summed E-state index contributed by atoms with van der Waals surface area (Å²) in [5.41, 5.74) is 6.23. The van der Waals surface area contributed by atoms with Crippen molar-refractivity contribution in [2.75, 3.05) is 30.0 Å². The molecule has 0 radical (unpaired) electrons. The van der Waals surface area contributed by atoms with Gasteiger partial charge in [0.15, 0.2) is 5.78 Å². The van der Waals surface area contributed by atoms with Crippen LogP contribution < -0.4 is 15.5 Å². The van der Waals surface area contributed by atoms with Crippen molar-refractivity contribution in [3.8, 4) is 0 Å². The van der Waals surface area contributed by atoms with Crippen LogP contribution in [0.15, 0.2) is 164 Å². The monoisotopic (exact) mass is 921 g/mol. The van der Waals surface area contributed by atoms with Gasteiger partial charge in [-0.3, -0.25) is 14.5 Å². The first-order valence-corrected chi connectivity index (χ1v) is 25.0. The lowest BCUT2D eigenvalue weighted by Gasteiger charge is -2.37. The van der Waals surface area contributed by atoms with Crippen molar-refractivity contribution in [1.29, 1.82) is 0 Å². The average Bonchev–Trinajstić information content (AvgIpc) is 3.78. The van der Waals surface area contributed by atoms with Crippen LogP contribution in [-0.4, -0.2) is 65.8 Å². The van der Waals surface area contributed by atoms with Crippen molar-refractivity contribution in [3.05, 3.63) is 209 Å². The van der Waals surface area contributed by atoms with Gasteiger partial charge in [-0.25, -0.2) is 9.18 Å². The second-order valence-electron chi connectivity index (χ2n) is 17.9. The molecule has 6 aromatic carbocycles. The Morgan fingerprint density at radius 3 is 1.89 bits per heavy atom. The first-order chi connectivity index (χ1) is 31.9. The van der Waals surface area contributed by atoms with E-state index >= 15 is 0 Å². The van der Waals surface area contributed by atoms with Crippen LogP contribution in [0.4, 0.5) is 14.9 Å². The van der Waals surface area contributed by atoms with Gasteiger partial charge in [0.1, 0.15) is 11.4 Å². The highest BCUT2D eigenvalue weighted by atomic mass is 32.2. The molecule has 0 bridgehead atoms. The van der Waals surface area contributed by atoms with E-state index in [1.54, 1.807) is 34.9 Å². The molecule has 1 fully saturated rings. The molecule has 0 unspecified atom stereocenters. The molecular formula is C56H60FN3O4S2. The Kier molecular flexibility index (Phi) is 16.6. The maximum absolute atomic E-state index is 14.6. The molecule has 7 rings (SSSR count). The summed E-state index contributed by atoms with van der Waals surface area (Å²) in [6.07, 6.45) is 3.93. The lowest BCUT2D eigenvalue weighted by Crippen LogP contribution is -2.44. The van der Waals surface area contributed by atoms with Crippen LogP contribution >= 0.6 is 23.5 Å². The van der Waals surface area contributed by atoms with Gasteiger partial charge in [-0.1, -0.05) is 140 Å². The third kappa shape index (κ3) is 12.6. The predicted octanol–water partition coefficient (Wildman–Crippen LogP) is 11.5.